The van der Waals surface area contributed by atoms with E-state index in [-0.39, 0.29) is 5.69 Å². The molecule has 2 rings (SSSR count). The summed E-state index contributed by atoms with van der Waals surface area (Å²) in [6.07, 6.45) is 0.885. The second-order valence-corrected chi connectivity index (χ2v) is 4.48. The SMILES string of the molecule is NCCc1ccc(CNc2cccc(C(N)=O)n2)cc1. The van der Waals surface area contributed by atoms with E-state index >= 15 is 0 Å². The van der Waals surface area contributed by atoms with Crippen LogP contribution in [0.25, 0.3) is 0 Å². The second kappa shape index (κ2) is 6.68. The summed E-state index contributed by atoms with van der Waals surface area (Å²) in [5.41, 5.74) is 13.3. The van der Waals surface area contributed by atoms with E-state index in [0.29, 0.717) is 18.9 Å². The van der Waals surface area contributed by atoms with Gasteiger partial charge in [-0.15, -0.1) is 0 Å². The zero-order valence-electron chi connectivity index (χ0n) is 11.2. The van der Waals surface area contributed by atoms with Crippen molar-refractivity contribution >= 4 is 11.7 Å². The number of anilines is 1. The van der Waals surface area contributed by atoms with Crippen molar-refractivity contribution in [2.75, 3.05) is 11.9 Å². The van der Waals surface area contributed by atoms with Crippen molar-refractivity contribution in [1.82, 2.24) is 4.98 Å². The lowest BCUT2D eigenvalue weighted by molar-refractivity contribution is 0.0995. The predicted octanol–water partition coefficient (Wildman–Crippen LogP) is 1.29. The smallest absolute Gasteiger partial charge is 0.267 e. The van der Waals surface area contributed by atoms with Crippen molar-refractivity contribution < 1.29 is 4.79 Å². The van der Waals surface area contributed by atoms with E-state index in [1.807, 2.05) is 0 Å². The van der Waals surface area contributed by atoms with Gasteiger partial charge in [0.2, 0.25) is 0 Å². The molecule has 0 radical (unpaired) electrons. The van der Waals surface area contributed by atoms with Gasteiger partial charge in [0.05, 0.1) is 0 Å². The molecule has 5 heteroatoms. The zero-order chi connectivity index (χ0) is 14.4. The van der Waals surface area contributed by atoms with Gasteiger partial charge in [-0.2, -0.15) is 0 Å². The van der Waals surface area contributed by atoms with Crippen LogP contribution in [0.1, 0.15) is 21.6 Å². The summed E-state index contributed by atoms with van der Waals surface area (Å²) in [6, 6.07) is 13.4. The molecule has 1 amide bonds. The second-order valence-electron chi connectivity index (χ2n) is 4.48. The maximum absolute atomic E-state index is 11.0. The highest BCUT2D eigenvalue weighted by Gasteiger charge is 2.02. The van der Waals surface area contributed by atoms with Crippen molar-refractivity contribution in [2.45, 2.75) is 13.0 Å². The Balaban J connectivity index is 1.97. The van der Waals surface area contributed by atoms with Crippen molar-refractivity contribution in [3.63, 3.8) is 0 Å². The van der Waals surface area contributed by atoms with Gasteiger partial charge in [0.1, 0.15) is 11.5 Å². The lowest BCUT2D eigenvalue weighted by Crippen LogP contribution is -2.14. The molecule has 1 heterocycles. The highest BCUT2D eigenvalue weighted by Crippen LogP contribution is 2.09. The Hall–Kier alpha value is -2.40. The molecular formula is C15H18N4O. The fourth-order valence-electron chi connectivity index (χ4n) is 1.85. The van der Waals surface area contributed by atoms with E-state index in [4.69, 9.17) is 11.5 Å². The van der Waals surface area contributed by atoms with Crippen molar-refractivity contribution in [3.8, 4) is 0 Å². The fraction of sp³-hybridized carbons (Fsp3) is 0.200. The molecule has 0 fully saturated rings. The molecule has 0 saturated heterocycles. The summed E-state index contributed by atoms with van der Waals surface area (Å²) < 4.78 is 0. The number of nitrogens with zero attached hydrogens (tertiary/aromatic N) is 1. The molecule has 0 saturated carbocycles. The highest BCUT2D eigenvalue weighted by molar-refractivity contribution is 5.91. The van der Waals surface area contributed by atoms with Crippen LogP contribution in [-0.4, -0.2) is 17.4 Å². The van der Waals surface area contributed by atoms with Crippen LogP contribution in [0, 0.1) is 0 Å². The molecule has 2 aromatic rings. The van der Waals surface area contributed by atoms with E-state index in [2.05, 4.69) is 34.6 Å². The van der Waals surface area contributed by atoms with Gasteiger partial charge in [-0.3, -0.25) is 4.79 Å². The number of primary amides is 1. The minimum atomic E-state index is -0.528. The van der Waals surface area contributed by atoms with Crippen molar-refractivity contribution in [1.29, 1.82) is 0 Å². The average Bonchev–Trinajstić information content (AvgIpc) is 2.47. The van der Waals surface area contributed by atoms with Crippen LogP contribution in [0.4, 0.5) is 5.82 Å². The molecule has 5 nitrogen and oxygen atoms in total. The van der Waals surface area contributed by atoms with E-state index in [1.54, 1.807) is 18.2 Å². The largest absolute Gasteiger partial charge is 0.366 e. The number of carbonyl (C=O) groups is 1. The highest BCUT2D eigenvalue weighted by atomic mass is 16.1. The van der Waals surface area contributed by atoms with Gasteiger partial charge >= 0.3 is 0 Å². The summed E-state index contributed by atoms with van der Waals surface area (Å²) in [5.74, 6) is 0.104. The van der Waals surface area contributed by atoms with E-state index < -0.39 is 5.91 Å². The lowest BCUT2D eigenvalue weighted by atomic mass is 10.1. The summed E-state index contributed by atoms with van der Waals surface area (Å²) in [5, 5.41) is 3.16. The molecule has 20 heavy (non-hydrogen) atoms. The third kappa shape index (κ3) is 3.80. The number of carbonyl (C=O) groups excluding carboxylic acids is 1. The predicted molar refractivity (Wildman–Crippen MR) is 79.3 cm³/mol. The number of aromatic nitrogens is 1. The Morgan fingerprint density at radius 2 is 1.80 bits per heavy atom. The zero-order valence-corrected chi connectivity index (χ0v) is 11.2. The molecule has 0 bridgehead atoms. The standard InChI is InChI=1S/C15H18N4O/c16-9-8-11-4-6-12(7-5-11)10-18-14-3-1-2-13(19-14)15(17)20/h1-7H,8-10,16H2,(H2,17,20)(H,18,19). The van der Waals surface area contributed by atoms with Gasteiger partial charge in [-0.05, 0) is 36.2 Å². The van der Waals surface area contributed by atoms with Gasteiger partial charge in [-0.1, -0.05) is 30.3 Å². The Morgan fingerprint density at radius 1 is 1.10 bits per heavy atom. The topological polar surface area (TPSA) is 94.0 Å². The van der Waals surface area contributed by atoms with Crippen LogP contribution in [0.5, 0.6) is 0 Å². The first kappa shape index (κ1) is 14.0. The fourth-order valence-corrected chi connectivity index (χ4v) is 1.85. The number of amides is 1. The third-order valence-corrected chi connectivity index (χ3v) is 2.93. The Kier molecular flexibility index (Phi) is 4.68. The Bertz CT molecular complexity index is 581. The monoisotopic (exact) mass is 270 g/mol. The van der Waals surface area contributed by atoms with Crippen LogP contribution >= 0.6 is 0 Å². The first-order valence-electron chi connectivity index (χ1n) is 6.47. The van der Waals surface area contributed by atoms with Gasteiger partial charge in [0.25, 0.3) is 5.91 Å². The molecule has 0 atom stereocenters. The minimum absolute atomic E-state index is 0.258. The lowest BCUT2D eigenvalue weighted by Gasteiger charge is -2.07. The Morgan fingerprint density at radius 3 is 2.45 bits per heavy atom. The van der Waals surface area contributed by atoms with E-state index in [9.17, 15) is 4.79 Å². The van der Waals surface area contributed by atoms with Crippen LogP contribution < -0.4 is 16.8 Å². The third-order valence-electron chi connectivity index (χ3n) is 2.93. The number of benzene rings is 1. The van der Waals surface area contributed by atoms with Crippen LogP contribution in [0.2, 0.25) is 0 Å². The first-order valence-corrected chi connectivity index (χ1v) is 6.47. The number of pyridine rings is 1. The molecule has 0 spiro atoms. The van der Waals surface area contributed by atoms with E-state index in [1.165, 1.54) is 5.56 Å². The molecule has 1 aromatic carbocycles. The maximum Gasteiger partial charge on any atom is 0.267 e. The summed E-state index contributed by atoms with van der Waals surface area (Å²) >= 11 is 0. The quantitative estimate of drug-likeness (QED) is 0.737. The molecule has 0 unspecified atom stereocenters. The molecular weight excluding hydrogens is 252 g/mol. The van der Waals surface area contributed by atoms with Gasteiger partial charge in [-0.25, -0.2) is 4.98 Å². The molecule has 0 aliphatic carbocycles. The van der Waals surface area contributed by atoms with Gasteiger partial charge in [0.15, 0.2) is 0 Å². The molecule has 104 valence electrons. The summed E-state index contributed by atoms with van der Waals surface area (Å²) in [6.45, 7) is 1.29. The molecule has 5 N–H and O–H groups in total. The number of rotatable bonds is 6. The number of nitrogens with two attached hydrogens (primary N) is 2. The number of nitrogens with one attached hydrogen (secondary N) is 1. The van der Waals surface area contributed by atoms with Crippen LogP contribution in [-0.2, 0) is 13.0 Å². The molecule has 0 aliphatic heterocycles. The summed E-state index contributed by atoms with van der Waals surface area (Å²) in [4.78, 5) is 15.2. The van der Waals surface area contributed by atoms with Crippen LogP contribution in [0.3, 0.4) is 0 Å². The normalized spacial score (nSPS) is 10.2. The summed E-state index contributed by atoms with van der Waals surface area (Å²) in [7, 11) is 0. The van der Waals surface area contributed by atoms with Crippen LogP contribution in [0.15, 0.2) is 42.5 Å². The van der Waals surface area contributed by atoms with Crippen molar-refractivity contribution in [3.05, 3.63) is 59.3 Å². The van der Waals surface area contributed by atoms with Gasteiger partial charge in [0, 0.05) is 6.54 Å². The number of hydrogen-bond donors (Lipinski definition) is 3. The van der Waals surface area contributed by atoms with Crippen molar-refractivity contribution in [2.24, 2.45) is 11.5 Å². The van der Waals surface area contributed by atoms with E-state index in [0.717, 1.165) is 12.0 Å². The Labute approximate surface area is 118 Å². The van der Waals surface area contributed by atoms with Gasteiger partial charge < -0.3 is 16.8 Å². The first-order chi connectivity index (χ1) is 9.69. The maximum atomic E-state index is 11.0. The average molecular weight is 270 g/mol. The number of hydrogen-bond acceptors (Lipinski definition) is 4. The molecule has 0 aliphatic rings. The molecule has 1 aromatic heterocycles. The minimum Gasteiger partial charge on any atom is -0.366 e.